The number of aryl methyl sites for hydroxylation is 1. The number of fused-ring (bicyclic) bond motifs is 1. The third-order valence-electron chi connectivity index (χ3n) is 4.22. The molecule has 0 unspecified atom stereocenters. The maximum absolute atomic E-state index is 13.7. The number of methoxy groups -OCH3 is 1. The van der Waals surface area contributed by atoms with Gasteiger partial charge < -0.3 is 14.0 Å². The van der Waals surface area contributed by atoms with Gasteiger partial charge in [0.25, 0.3) is 5.88 Å². The van der Waals surface area contributed by atoms with Crippen LogP contribution < -0.4 is 10.1 Å². The monoisotopic (exact) mass is 385 g/mol. The third-order valence-corrected chi connectivity index (χ3v) is 4.22. The minimum absolute atomic E-state index is 0.0612. The van der Waals surface area contributed by atoms with Crippen molar-refractivity contribution in [3.63, 3.8) is 0 Å². The summed E-state index contributed by atoms with van der Waals surface area (Å²) in [6.45, 7) is 6.32. The number of rotatable bonds is 5. The summed E-state index contributed by atoms with van der Waals surface area (Å²) in [5.41, 5.74) is 2.18. The number of hydrogen-bond donors (Lipinski definition) is 2. The Balaban J connectivity index is 1.95. The van der Waals surface area contributed by atoms with Gasteiger partial charge in [-0.15, -0.1) is 0 Å². The van der Waals surface area contributed by atoms with Crippen molar-refractivity contribution in [2.24, 2.45) is 7.05 Å². The Bertz CT molecular complexity index is 1020. The molecule has 148 valence electrons. The minimum Gasteiger partial charge on any atom is -0.479 e. The Morgan fingerprint density at radius 2 is 2.07 bits per heavy atom. The van der Waals surface area contributed by atoms with E-state index in [4.69, 9.17) is 14.9 Å². The van der Waals surface area contributed by atoms with Gasteiger partial charge in [-0.25, -0.2) is 4.98 Å². The van der Waals surface area contributed by atoms with E-state index in [0.717, 1.165) is 22.7 Å². The zero-order valence-corrected chi connectivity index (χ0v) is 16.6. The predicted molar refractivity (Wildman–Crippen MR) is 106 cm³/mol. The number of ether oxygens (including phenoxy) is 2. The molecule has 0 aliphatic heterocycles. The second-order valence-electron chi connectivity index (χ2n) is 7.48. The molecule has 0 atom stereocenters. The van der Waals surface area contributed by atoms with Gasteiger partial charge in [-0.1, -0.05) is 0 Å². The first kappa shape index (κ1) is 19.8. The molecule has 0 bridgehead atoms. The first-order valence-electron chi connectivity index (χ1n) is 8.82. The van der Waals surface area contributed by atoms with E-state index in [-0.39, 0.29) is 24.0 Å². The largest absolute Gasteiger partial charge is 0.479 e. The van der Waals surface area contributed by atoms with E-state index in [2.05, 4.69) is 15.3 Å². The molecule has 0 amide bonds. The molecule has 0 aliphatic carbocycles. The van der Waals surface area contributed by atoms with Crippen molar-refractivity contribution < 1.29 is 13.9 Å². The lowest BCUT2D eigenvalue weighted by Crippen LogP contribution is -2.38. The second-order valence-corrected chi connectivity index (χ2v) is 7.48. The lowest BCUT2D eigenvalue weighted by atomic mass is 10.1. The number of halogens is 1. The molecule has 28 heavy (non-hydrogen) atoms. The Kier molecular flexibility index (Phi) is 5.33. The average molecular weight is 385 g/mol. The lowest BCUT2D eigenvalue weighted by Gasteiger charge is -2.20. The molecule has 2 N–H and O–H groups in total. The molecule has 1 aromatic carbocycles. The van der Waals surface area contributed by atoms with Crippen molar-refractivity contribution in [1.82, 2.24) is 19.9 Å². The Labute approximate surface area is 163 Å². The normalized spacial score (nSPS) is 11.6. The maximum atomic E-state index is 13.7. The highest BCUT2D eigenvalue weighted by atomic mass is 19.1. The molecule has 0 saturated heterocycles. The van der Waals surface area contributed by atoms with Gasteiger partial charge in [0.15, 0.2) is 5.82 Å². The quantitative estimate of drug-likeness (QED) is 0.399. The maximum Gasteiger partial charge on any atom is 0.253 e. The highest BCUT2D eigenvalue weighted by molar-refractivity contribution is 6.01. The van der Waals surface area contributed by atoms with Crippen LogP contribution in [0.3, 0.4) is 0 Å². The molecule has 7 nitrogen and oxygen atoms in total. The van der Waals surface area contributed by atoms with Crippen LogP contribution in [-0.4, -0.2) is 39.8 Å². The molecule has 2 aromatic heterocycles. The second kappa shape index (κ2) is 7.55. The molecule has 8 heteroatoms. The first-order chi connectivity index (χ1) is 13.2. The molecule has 0 aliphatic rings. The summed E-state index contributed by atoms with van der Waals surface area (Å²) in [6.07, 6.45) is 2.96. The van der Waals surface area contributed by atoms with Crippen LogP contribution >= 0.6 is 0 Å². The number of nitrogens with zero attached hydrogens (tertiary/aromatic N) is 3. The summed E-state index contributed by atoms with van der Waals surface area (Å²) in [7, 11) is 3.27. The van der Waals surface area contributed by atoms with Gasteiger partial charge in [0.05, 0.1) is 13.3 Å². The van der Waals surface area contributed by atoms with Crippen molar-refractivity contribution in [2.75, 3.05) is 13.8 Å². The van der Waals surface area contributed by atoms with E-state index < -0.39 is 5.82 Å². The van der Waals surface area contributed by atoms with Gasteiger partial charge in [0.1, 0.15) is 6.73 Å². The molecule has 0 spiro atoms. The smallest absolute Gasteiger partial charge is 0.253 e. The molecular formula is C20H24FN5O2. The molecule has 3 rings (SSSR count). The highest BCUT2D eigenvalue weighted by Gasteiger charge is 2.16. The molecule has 2 heterocycles. The fourth-order valence-corrected chi connectivity index (χ4v) is 2.74. The SMILES string of the molecule is COc1nc(-c2cn(C)c3ccc(C(=N)OCNC(C)(C)C)cc23)ncc1F. The summed E-state index contributed by atoms with van der Waals surface area (Å²) >= 11 is 0. The fraction of sp³-hybridized carbons (Fsp3) is 0.350. The fourth-order valence-electron chi connectivity index (χ4n) is 2.74. The molecular weight excluding hydrogens is 361 g/mol. The van der Waals surface area contributed by atoms with Crippen LogP contribution in [0.2, 0.25) is 0 Å². The van der Waals surface area contributed by atoms with Crippen LogP contribution in [0.15, 0.2) is 30.6 Å². The third kappa shape index (κ3) is 4.12. The first-order valence-corrected chi connectivity index (χ1v) is 8.82. The van der Waals surface area contributed by atoms with Gasteiger partial charge in [0.2, 0.25) is 11.7 Å². The van der Waals surface area contributed by atoms with Gasteiger partial charge in [-0.05, 0) is 39.0 Å². The van der Waals surface area contributed by atoms with E-state index >= 15 is 0 Å². The van der Waals surface area contributed by atoms with Crippen molar-refractivity contribution in [1.29, 1.82) is 5.41 Å². The van der Waals surface area contributed by atoms with E-state index in [9.17, 15) is 4.39 Å². The van der Waals surface area contributed by atoms with Crippen LogP contribution in [0.5, 0.6) is 5.88 Å². The zero-order chi connectivity index (χ0) is 20.5. The number of benzene rings is 1. The van der Waals surface area contributed by atoms with Crippen LogP contribution in [0.25, 0.3) is 22.3 Å². The Hall–Kier alpha value is -3.00. The van der Waals surface area contributed by atoms with E-state index in [1.54, 1.807) is 0 Å². The van der Waals surface area contributed by atoms with Crippen molar-refractivity contribution in [3.05, 3.63) is 42.0 Å². The number of nitrogens with one attached hydrogen (secondary N) is 2. The molecule has 3 aromatic rings. The summed E-state index contributed by atoms with van der Waals surface area (Å²) in [5, 5.41) is 12.2. The van der Waals surface area contributed by atoms with Crippen LogP contribution in [0.1, 0.15) is 26.3 Å². The summed E-state index contributed by atoms with van der Waals surface area (Å²) < 4.78 is 26.1. The summed E-state index contributed by atoms with van der Waals surface area (Å²) in [6, 6.07) is 5.59. The Morgan fingerprint density at radius 3 is 2.75 bits per heavy atom. The predicted octanol–water partition coefficient (Wildman–Crippen LogP) is 3.47. The molecule has 0 fully saturated rings. The Morgan fingerprint density at radius 1 is 1.32 bits per heavy atom. The van der Waals surface area contributed by atoms with E-state index in [0.29, 0.717) is 11.4 Å². The lowest BCUT2D eigenvalue weighted by molar-refractivity contribution is 0.227. The minimum atomic E-state index is -0.617. The van der Waals surface area contributed by atoms with Gasteiger partial charge >= 0.3 is 0 Å². The van der Waals surface area contributed by atoms with Gasteiger partial charge in [-0.3, -0.25) is 10.7 Å². The van der Waals surface area contributed by atoms with E-state index in [1.165, 1.54) is 7.11 Å². The number of aromatic nitrogens is 3. The van der Waals surface area contributed by atoms with E-state index in [1.807, 2.05) is 56.8 Å². The topological polar surface area (TPSA) is 85.1 Å². The molecule has 0 saturated carbocycles. The summed E-state index contributed by atoms with van der Waals surface area (Å²) in [4.78, 5) is 8.26. The van der Waals surface area contributed by atoms with Crippen molar-refractivity contribution in [3.8, 4) is 17.3 Å². The van der Waals surface area contributed by atoms with Crippen LogP contribution in [0, 0.1) is 11.2 Å². The van der Waals surface area contributed by atoms with Gasteiger partial charge in [-0.2, -0.15) is 9.37 Å². The van der Waals surface area contributed by atoms with Crippen LogP contribution in [-0.2, 0) is 11.8 Å². The van der Waals surface area contributed by atoms with Crippen molar-refractivity contribution >= 4 is 16.8 Å². The van der Waals surface area contributed by atoms with Crippen molar-refractivity contribution in [2.45, 2.75) is 26.3 Å². The number of hydrogen-bond acceptors (Lipinski definition) is 6. The van der Waals surface area contributed by atoms with Crippen LogP contribution in [0.4, 0.5) is 4.39 Å². The highest BCUT2D eigenvalue weighted by Crippen LogP contribution is 2.30. The summed E-state index contributed by atoms with van der Waals surface area (Å²) in [5.74, 6) is -0.315. The van der Waals surface area contributed by atoms with Gasteiger partial charge in [0, 0.05) is 40.8 Å². The zero-order valence-electron chi connectivity index (χ0n) is 16.6. The average Bonchev–Trinajstić information content (AvgIpc) is 2.97. The standard InChI is InChI=1S/C20H24FN5O2/c1-20(2,3)24-11-28-17(22)12-6-7-16-13(8-12)14(10-26(16)4)18-23-9-15(21)19(25-18)27-5/h6-10,22,24H,11H2,1-5H3. The molecule has 0 radical (unpaired) electrons.